The van der Waals surface area contributed by atoms with Gasteiger partial charge in [0.2, 0.25) is 0 Å². The third-order valence-corrected chi connectivity index (χ3v) is 3.14. The molecule has 0 aromatic heterocycles. The Kier molecular flexibility index (Phi) is 3.22. The molecule has 90 valence electrons. The lowest BCUT2D eigenvalue weighted by atomic mass is 9.88. The summed E-state index contributed by atoms with van der Waals surface area (Å²) in [7, 11) is 0. The minimum atomic E-state index is -0.782. The zero-order chi connectivity index (χ0) is 11.6. The van der Waals surface area contributed by atoms with Gasteiger partial charge in [0.25, 0.3) is 11.8 Å². The quantitative estimate of drug-likeness (QED) is 0.609. The summed E-state index contributed by atoms with van der Waals surface area (Å²) >= 11 is 0. The Balaban J connectivity index is 2.23. The van der Waals surface area contributed by atoms with Crippen molar-refractivity contribution >= 4 is 11.8 Å². The molecule has 0 bridgehead atoms. The fraction of sp³-hybridized carbons (Fsp3) is 0.800. The van der Waals surface area contributed by atoms with Crippen molar-refractivity contribution in [2.45, 2.75) is 18.4 Å². The van der Waals surface area contributed by atoms with Gasteiger partial charge >= 0.3 is 0 Å². The highest BCUT2D eigenvalue weighted by atomic mass is 16.5. The SMILES string of the molecule is O=C1COCC(=O)N1C1(CO)CCOCC1. The fourth-order valence-electron chi connectivity index (χ4n) is 2.23. The average Bonchev–Trinajstić information content (AvgIpc) is 2.30. The molecule has 0 unspecified atom stereocenters. The van der Waals surface area contributed by atoms with Gasteiger partial charge in [0, 0.05) is 13.2 Å². The first kappa shape index (κ1) is 11.5. The van der Waals surface area contributed by atoms with Gasteiger partial charge in [-0.25, -0.2) is 0 Å². The average molecular weight is 229 g/mol. The third-order valence-electron chi connectivity index (χ3n) is 3.14. The van der Waals surface area contributed by atoms with Crippen molar-refractivity contribution in [1.29, 1.82) is 0 Å². The molecule has 0 spiro atoms. The molecule has 0 atom stereocenters. The summed E-state index contributed by atoms with van der Waals surface area (Å²) in [5, 5.41) is 9.49. The van der Waals surface area contributed by atoms with Gasteiger partial charge in [0.15, 0.2) is 0 Å². The monoisotopic (exact) mass is 229 g/mol. The molecule has 0 radical (unpaired) electrons. The van der Waals surface area contributed by atoms with Crippen molar-refractivity contribution in [2.24, 2.45) is 0 Å². The lowest BCUT2D eigenvalue weighted by Crippen LogP contribution is -2.62. The molecule has 6 nitrogen and oxygen atoms in total. The molecule has 2 amide bonds. The molecule has 2 aliphatic rings. The summed E-state index contributed by atoms with van der Waals surface area (Å²) in [6, 6.07) is 0. The van der Waals surface area contributed by atoms with Crippen molar-refractivity contribution in [3.63, 3.8) is 0 Å². The third kappa shape index (κ3) is 1.83. The summed E-state index contributed by atoms with van der Waals surface area (Å²) in [5.74, 6) is -0.737. The Morgan fingerprint density at radius 2 is 1.69 bits per heavy atom. The maximum absolute atomic E-state index is 11.7. The van der Waals surface area contributed by atoms with E-state index in [0.29, 0.717) is 26.1 Å². The van der Waals surface area contributed by atoms with Crippen molar-refractivity contribution in [2.75, 3.05) is 33.0 Å². The van der Waals surface area contributed by atoms with Gasteiger partial charge in [-0.05, 0) is 12.8 Å². The number of aliphatic hydroxyl groups excluding tert-OH is 1. The van der Waals surface area contributed by atoms with Gasteiger partial charge in [-0.1, -0.05) is 0 Å². The predicted octanol–water partition coefficient (Wildman–Crippen LogP) is -1.09. The van der Waals surface area contributed by atoms with Crippen molar-refractivity contribution in [1.82, 2.24) is 4.90 Å². The van der Waals surface area contributed by atoms with Crippen molar-refractivity contribution < 1.29 is 24.2 Å². The van der Waals surface area contributed by atoms with Crippen LogP contribution >= 0.6 is 0 Å². The number of nitrogens with zero attached hydrogens (tertiary/aromatic N) is 1. The second-order valence-electron chi connectivity index (χ2n) is 4.11. The van der Waals surface area contributed by atoms with E-state index in [-0.39, 0.29) is 31.6 Å². The number of rotatable bonds is 2. The van der Waals surface area contributed by atoms with Crippen LogP contribution in [-0.4, -0.2) is 60.4 Å². The summed E-state index contributed by atoms with van der Waals surface area (Å²) in [5.41, 5.74) is -0.782. The molecule has 2 saturated heterocycles. The number of ether oxygens (including phenoxy) is 2. The Hall–Kier alpha value is -0.980. The summed E-state index contributed by atoms with van der Waals surface area (Å²) in [6.07, 6.45) is 0.974. The fourth-order valence-corrected chi connectivity index (χ4v) is 2.23. The van der Waals surface area contributed by atoms with E-state index in [1.165, 1.54) is 4.90 Å². The highest BCUT2D eigenvalue weighted by Gasteiger charge is 2.45. The van der Waals surface area contributed by atoms with Crippen LogP contribution in [0.1, 0.15) is 12.8 Å². The zero-order valence-electron chi connectivity index (χ0n) is 8.98. The topological polar surface area (TPSA) is 76.1 Å². The number of hydrogen-bond acceptors (Lipinski definition) is 5. The number of amides is 2. The number of imide groups is 1. The first-order chi connectivity index (χ1) is 7.69. The van der Waals surface area contributed by atoms with E-state index in [9.17, 15) is 14.7 Å². The number of carbonyl (C=O) groups excluding carboxylic acids is 2. The normalized spacial score (nSPS) is 25.9. The minimum Gasteiger partial charge on any atom is -0.394 e. The van der Waals surface area contributed by atoms with Crippen LogP contribution in [-0.2, 0) is 19.1 Å². The van der Waals surface area contributed by atoms with Crippen LogP contribution in [0.3, 0.4) is 0 Å². The highest BCUT2D eigenvalue weighted by Crippen LogP contribution is 2.29. The Morgan fingerprint density at radius 1 is 1.12 bits per heavy atom. The van der Waals surface area contributed by atoms with Gasteiger partial charge in [-0.2, -0.15) is 0 Å². The number of carbonyl (C=O) groups is 2. The second kappa shape index (κ2) is 4.48. The lowest BCUT2D eigenvalue weighted by molar-refractivity contribution is -0.173. The molecule has 0 aliphatic carbocycles. The molecule has 2 heterocycles. The summed E-state index contributed by atoms with van der Waals surface area (Å²) in [6.45, 7) is 0.521. The van der Waals surface area contributed by atoms with Crippen molar-refractivity contribution in [3.8, 4) is 0 Å². The largest absolute Gasteiger partial charge is 0.394 e. The lowest BCUT2D eigenvalue weighted by Gasteiger charge is -2.44. The molecule has 6 heteroatoms. The van der Waals surface area contributed by atoms with E-state index in [0.717, 1.165) is 0 Å². The van der Waals surface area contributed by atoms with E-state index in [1.54, 1.807) is 0 Å². The molecule has 0 saturated carbocycles. The van der Waals surface area contributed by atoms with Crippen LogP contribution in [0.5, 0.6) is 0 Å². The molecule has 2 fully saturated rings. The van der Waals surface area contributed by atoms with E-state index in [1.807, 2.05) is 0 Å². The van der Waals surface area contributed by atoms with Crippen LogP contribution in [0.25, 0.3) is 0 Å². The van der Waals surface area contributed by atoms with Crippen LogP contribution in [0.4, 0.5) is 0 Å². The van der Waals surface area contributed by atoms with Gasteiger partial charge in [0.05, 0.1) is 12.1 Å². The molecule has 2 rings (SSSR count). The maximum atomic E-state index is 11.7. The van der Waals surface area contributed by atoms with Gasteiger partial charge in [0.1, 0.15) is 13.2 Å². The Morgan fingerprint density at radius 3 is 2.19 bits per heavy atom. The standard InChI is InChI=1S/C10H15NO5/c12-7-10(1-3-15-4-2-10)11-8(13)5-16-6-9(11)14/h12H,1-7H2. The molecule has 2 aliphatic heterocycles. The van der Waals surface area contributed by atoms with E-state index < -0.39 is 5.54 Å². The number of aliphatic hydroxyl groups is 1. The maximum Gasteiger partial charge on any atom is 0.255 e. The number of morpholine rings is 1. The van der Waals surface area contributed by atoms with E-state index in [4.69, 9.17) is 9.47 Å². The summed E-state index contributed by atoms with van der Waals surface area (Å²) in [4.78, 5) is 24.6. The Labute approximate surface area is 93.1 Å². The van der Waals surface area contributed by atoms with E-state index in [2.05, 4.69) is 0 Å². The smallest absolute Gasteiger partial charge is 0.255 e. The van der Waals surface area contributed by atoms with Crippen LogP contribution in [0.15, 0.2) is 0 Å². The van der Waals surface area contributed by atoms with Crippen LogP contribution in [0, 0.1) is 0 Å². The zero-order valence-corrected chi connectivity index (χ0v) is 8.98. The van der Waals surface area contributed by atoms with Crippen molar-refractivity contribution in [3.05, 3.63) is 0 Å². The Bertz CT molecular complexity index is 282. The molecular weight excluding hydrogens is 214 g/mol. The van der Waals surface area contributed by atoms with Gasteiger partial charge in [-0.3, -0.25) is 14.5 Å². The highest BCUT2D eigenvalue weighted by molar-refractivity contribution is 5.99. The number of hydrogen-bond donors (Lipinski definition) is 1. The molecular formula is C10H15NO5. The van der Waals surface area contributed by atoms with E-state index >= 15 is 0 Å². The second-order valence-corrected chi connectivity index (χ2v) is 4.11. The van der Waals surface area contributed by atoms with Gasteiger partial charge < -0.3 is 14.6 Å². The summed E-state index contributed by atoms with van der Waals surface area (Å²) < 4.78 is 10.0. The first-order valence-corrected chi connectivity index (χ1v) is 5.32. The molecule has 16 heavy (non-hydrogen) atoms. The molecule has 0 aromatic carbocycles. The van der Waals surface area contributed by atoms with Gasteiger partial charge in [-0.15, -0.1) is 0 Å². The predicted molar refractivity (Wildman–Crippen MR) is 52.5 cm³/mol. The van der Waals surface area contributed by atoms with Crippen LogP contribution < -0.4 is 0 Å². The molecule has 0 aromatic rings. The van der Waals surface area contributed by atoms with Crippen LogP contribution in [0.2, 0.25) is 0 Å². The molecule has 1 N–H and O–H groups in total. The first-order valence-electron chi connectivity index (χ1n) is 5.32. The minimum absolute atomic E-state index is 0.0889.